The summed E-state index contributed by atoms with van der Waals surface area (Å²) in [5, 5.41) is 3.12. The molecule has 1 rings (SSSR count). The van der Waals surface area contributed by atoms with Crippen LogP contribution in [0.3, 0.4) is 0 Å². The Kier molecular flexibility index (Phi) is 6.40. The van der Waals surface area contributed by atoms with Gasteiger partial charge in [-0.3, -0.25) is 4.57 Å². The summed E-state index contributed by atoms with van der Waals surface area (Å²) >= 11 is 1.82. The Balaban J connectivity index is 2.19. The average molecular weight is 249 g/mol. The molecule has 0 radical (unpaired) electrons. The molecule has 0 saturated heterocycles. The Morgan fingerprint density at radius 3 is 3.00 bits per heavy atom. The standard InChI is InChI=1S/C10H17F2N3S/c1-16-7-3-2-4-13-8-9-14-5-6-15(9)10(11)12/h5-6,10,13H,2-4,7-8H2,1H3. The van der Waals surface area contributed by atoms with E-state index >= 15 is 0 Å². The van der Waals surface area contributed by atoms with E-state index in [0.717, 1.165) is 29.7 Å². The Bertz CT molecular complexity index is 291. The lowest BCUT2D eigenvalue weighted by Gasteiger charge is -2.07. The van der Waals surface area contributed by atoms with Gasteiger partial charge in [-0.2, -0.15) is 20.5 Å². The van der Waals surface area contributed by atoms with Crippen molar-refractivity contribution in [2.24, 2.45) is 0 Å². The molecule has 0 spiro atoms. The summed E-state index contributed by atoms with van der Waals surface area (Å²) < 4.78 is 25.7. The first kappa shape index (κ1) is 13.4. The zero-order chi connectivity index (χ0) is 11.8. The Labute approximate surface area is 98.6 Å². The predicted octanol–water partition coefficient (Wildman–Crippen LogP) is 2.51. The number of alkyl halides is 2. The molecule has 1 aromatic rings. The fraction of sp³-hybridized carbons (Fsp3) is 0.700. The number of thioether (sulfide) groups is 1. The van der Waals surface area contributed by atoms with Crippen LogP contribution < -0.4 is 5.32 Å². The highest BCUT2D eigenvalue weighted by Gasteiger charge is 2.10. The molecule has 1 aromatic heterocycles. The number of rotatable bonds is 8. The maximum Gasteiger partial charge on any atom is 0.319 e. The number of nitrogens with one attached hydrogen (secondary N) is 1. The molecule has 1 heterocycles. The van der Waals surface area contributed by atoms with Crippen LogP contribution in [0.15, 0.2) is 12.4 Å². The van der Waals surface area contributed by atoms with Crippen LogP contribution in [0.25, 0.3) is 0 Å². The van der Waals surface area contributed by atoms with E-state index in [1.165, 1.54) is 12.4 Å². The van der Waals surface area contributed by atoms with E-state index in [-0.39, 0.29) is 0 Å². The minimum Gasteiger partial charge on any atom is -0.310 e. The number of unbranched alkanes of at least 4 members (excludes halogenated alkanes) is 1. The van der Waals surface area contributed by atoms with E-state index in [1.807, 2.05) is 11.8 Å². The van der Waals surface area contributed by atoms with Crippen molar-refractivity contribution in [1.29, 1.82) is 0 Å². The van der Waals surface area contributed by atoms with Crippen LogP contribution in [0.1, 0.15) is 25.2 Å². The molecule has 6 heteroatoms. The smallest absolute Gasteiger partial charge is 0.310 e. The molecule has 0 unspecified atom stereocenters. The van der Waals surface area contributed by atoms with Crippen LogP contribution in [0.5, 0.6) is 0 Å². The van der Waals surface area contributed by atoms with E-state index in [1.54, 1.807) is 0 Å². The maximum absolute atomic E-state index is 12.4. The second-order valence-corrected chi connectivity index (χ2v) is 4.39. The molecule has 92 valence electrons. The molecule has 0 aliphatic rings. The van der Waals surface area contributed by atoms with Crippen molar-refractivity contribution in [2.75, 3.05) is 18.6 Å². The van der Waals surface area contributed by atoms with Gasteiger partial charge >= 0.3 is 6.55 Å². The molecular weight excluding hydrogens is 232 g/mol. The van der Waals surface area contributed by atoms with Gasteiger partial charge in [-0.05, 0) is 31.4 Å². The van der Waals surface area contributed by atoms with Crippen molar-refractivity contribution < 1.29 is 8.78 Å². The molecule has 16 heavy (non-hydrogen) atoms. The molecule has 3 nitrogen and oxygen atoms in total. The quantitative estimate of drug-likeness (QED) is 0.718. The zero-order valence-electron chi connectivity index (χ0n) is 9.33. The fourth-order valence-corrected chi connectivity index (χ4v) is 1.85. The molecular formula is C10H17F2N3S. The van der Waals surface area contributed by atoms with Crippen LogP contribution in [0, 0.1) is 0 Å². The van der Waals surface area contributed by atoms with E-state index in [9.17, 15) is 8.78 Å². The lowest BCUT2D eigenvalue weighted by molar-refractivity contribution is 0.0666. The molecule has 0 aliphatic heterocycles. The third-order valence-electron chi connectivity index (χ3n) is 2.19. The minimum atomic E-state index is -2.50. The van der Waals surface area contributed by atoms with Crippen LogP contribution in [0.2, 0.25) is 0 Å². The average Bonchev–Trinajstić information content (AvgIpc) is 2.71. The number of hydrogen-bond donors (Lipinski definition) is 1. The fourth-order valence-electron chi connectivity index (χ4n) is 1.36. The minimum absolute atomic E-state index is 0.389. The molecule has 0 amide bonds. The van der Waals surface area contributed by atoms with Gasteiger partial charge in [0.1, 0.15) is 5.82 Å². The van der Waals surface area contributed by atoms with Crippen molar-refractivity contribution in [3.8, 4) is 0 Å². The van der Waals surface area contributed by atoms with Gasteiger partial charge in [0, 0.05) is 12.4 Å². The third kappa shape index (κ3) is 4.49. The lowest BCUT2D eigenvalue weighted by atomic mass is 10.3. The molecule has 0 bridgehead atoms. The van der Waals surface area contributed by atoms with Gasteiger partial charge in [0.15, 0.2) is 0 Å². The zero-order valence-corrected chi connectivity index (χ0v) is 10.1. The lowest BCUT2D eigenvalue weighted by Crippen LogP contribution is -2.18. The van der Waals surface area contributed by atoms with Gasteiger partial charge in [-0.15, -0.1) is 0 Å². The van der Waals surface area contributed by atoms with Crippen LogP contribution in [-0.2, 0) is 6.54 Å². The number of halogens is 2. The second-order valence-electron chi connectivity index (χ2n) is 3.41. The summed E-state index contributed by atoms with van der Waals surface area (Å²) in [7, 11) is 0. The van der Waals surface area contributed by atoms with Crippen molar-refractivity contribution in [1.82, 2.24) is 14.9 Å². The Morgan fingerprint density at radius 2 is 2.31 bits per heavy atom. The van der Waals surface area contributed by atoms with Crippen LogP contribution >= 0.6 is 11.8 Å². The predicted molar refractivity (Wildman–Crippen MR) is 62.8 cm³/mol. The van der Waals surface area contributed by atoms with Gasteiger partial charge in [-0.1, -0.05) is 0 Å². The van der Waals surface area contributed by atoms with Gasteiger partial charge in [0.2, 0.25) is 0 Å². The van der Waals surface area contributed by atoms with E-state index in [0.29, 0.717) is 12.4 Å². The summed E-state index contributed by atoms with van der Waals surface area (Å²) in [5.74, 6) is 1.53. The Hall–Kier alpha value is -0.620. The summed E-state index contributed by atoms with van der Waals surface area (Å²) in [6.07, 6.45) is 6.99. The molecule has 0 aliphatic carbocycles. The van der Waals surface area contributed by atoms with Gasteiger partial charge in [0.05, 0.1) is 6.54 Å². The molecule has 1 N–H and O–H groups in total. The van der Waals surface area contributed by atoms with E-state index in [4.69, 9.17) is 0 Å². The van der Waals surface area contributed by atoms with Crippen molar-refractivity contribution in [3.05, 3.63) is 18.2 Å². The van der Waals surface area contributed by atoms with Gasteiger partial charge in [0.25, 0.3) is 0 Å². The first-order chi connectivity index (χ1) is 7.75. The van der Waals surface area contributed by atoms with Crippen LogP contribution in [0.4, 0.5) is 8.78 Å². The van der Waals surface area contributed by atoms with Crippen LogP contribution in [-0.4, -0.2) is 28.1 Å². The second kappa shape index (κ2) is 7.62. The number of aromatic nitrogens is 2. The highest BCUT2D eigenvalue weighted by Crippen LogP contribution is 2.11. The molecule has 0 saturated carbocycles. The summed E-state index contributed by atoms with van der Waals surface area (Å²) in [5.41, 5.74) is 0. The van der Waals surface area contributed by atoms with Gasteiger partial charge < -0.3 is 5.32 Å². The first-order valence-corrected chi connectivity index (χ1v) is 6.64. The highest BCUT2D eigenvalue weighted by molar-refractivity contribution is 7.98. The van der Waals surface area contributed by atoms with Crippen molar-refractivity contribution >= 4 is 11.8 Å². The Morgan fingerprint density at radius 1 is 1.50 bits per heavy atom. The topological polar surface area (TPSA) is 29.9 Å². The monoisotopic (exact) mass is 249 g/mol. The third-order valence-corrected chi connectivity index (χ3v) is 2.89. The SMILES string of the molecule is CSCCCCNCc1nccn1C(F)F. The molecule has 0 fully saturated rings. The largest absolute Gasteiger partial charge is 0.319 e. The van der Waals surface area contributed by atoms with Gasteiger partial charge in [-0.25, -0.2) is 4.98 Å². The summed E-state index contributed by atoms with van der Waals surface area (Å²) in [6, 6.07) is 0. The maximum atomic E-state index is 12.4. The normalized spacial score (nSPS) is 11.2. The number of hydrogen-bond acceptors (Lipinski definition) is 3. The summed E-state index contributed by atoms with van der Waals surface area (Å²) in [6.45, 7) is -1.26. The molecule has 0 atom stereocenters. The summed E-state index contributed by atoms with van der Waals surface area (Å²) in [4.78, 5) is 3.89. The highest BCUT2D eigenvalue weighted by atomic mass is 32.2. The van der Waals surface area contributed by atoms with Crippen molar-refractivity contribution in [3.63, 3.8) is 0 Å². The van der Waals surface area contributed by atoms with E-state index in [2.05, 4.69) is 16.6 Å². The first-order valence-electron chi connectivity index (χ1n) is 5.25. The van der Waals surface area contributed by atoms with E-state index < -0.39 is 6.55 Å². The number of imidazole rings is 1. The van der Waals surface area contributed by atoms with Crippen molar-refractivity contribution in [2.45, 2.75) is 25.9 Å². The number of nitrogens with zero attached hydrogens (tertiary/aromatic N) is 2. The molecule has 0 aromatic carbocycles.